The molecule has 1 saturated heterocycles. The van der Waals surface area contributed by atoms with Crippen molar-refractivity contribution in [2.75, 3.05) is 18.0 Å². The van der Waals surface area contributed by atoms with Crippen LogP contribution in [0.5, 0.6) is 0 Å². The normalized spacial score (nSPS) is 14.0. The van der Waals surface area contributed by atoms with Crippen LogP contribution < -0.4 is 10.2 Å². The van der Waals surface area contributed by atoms with Gasteiger partial charge < -0.3 is 14.6 Å². The van der Waals surface area contributed by atoms with Gasteiger partial charge in [0.15, 0.2) is 5.13 Å². The standard InChI is InChI=1S/C19H18N4O3S/c24-17(20-11-15-7-4-10-26-15)16-13-27-18(21-16)23-9-8-22(19(23)25)12-14-5-2-1-3-6-14/h1-7,10,13H,8-9,11-12H2,(H,20,24). The van der Waals surface area contributed by atoms with Crippen LogP contribution in [-0.4, -0.2) is 34.9 Å². The molecule has 138 valence electrons. The molecule has 7 nitrogen and oxygen atoms in total. The lowest BCUT2D eigenvalue weighted by molar-refractivity contribution is 0.0943. The Balaban J connectivity index is 1.38. The molecule has 0 bridgehead atoms. The molecule has 0 saturated carbocycles. The fourth-order valence-electron chi connectivity index (χ4n) is 2.87. The lowest BCUT2D eigenvalue weighted by Gasteiger charge is -2.16. The number of aromatic nitrogens is 1. The summed E-state index contributed by atoms with van der Waals surface area (Å²) in [5, 5.41) is 4.96. The topological polar surface area (TPSA) is 78.7 Å². The third kappa shape index (κ3) is 3.85. The SMILES string of the molecule is O=C(NCc1ccco1)c1csc(N2CCN(Cc3ccccc3)C2=O)n1. The summed E-state index contributed by atoms with van der Waals surface area (Å²) in [7, 11) is 0. The zero-order chi connectivity index (χ0) is 18.6. The Morgan fingerprint density at radius 3 is 2.81 bits per heavy atom. The summed E-state index contributed by atoms with van der Waals surface area (Å²) in [5.41, 5.74) is 1.39. The van der Waals surface area contributed by atoms with Gasteiger partial charge in [-0.05, 0) is 17.7 Å². The molecule has 3 amide bonds. The van der Waals surface area contributed by atoms with E-state index in [-0.39, 0.29) is 11.9 Å². The van der Waals surface area contributed by atoms with Crippen LogP contribution in [0.4, 0.5) is 9.93 Å². The second kappa shape index (κ2) is 7.63. The lowest BCUT2D eigenvalue weighted by atomic mass is 10.2. The number of hydrogen-bond acceptors (Lipinski definition) is 5. The molecule has 0 unspecified atom stereocenters. The summed E-state index contributed by atoms with van der Waals surface area (Å²) in [5.74, 6) is 0.381. The van der Waals surface area contributed by atoms with Gasteiger partial charge in [-0.25, -0.2) is 9.78 Å². The molecule has 0 radical (unpaired) electrons. The minimum Gasteiger partial charge on any atom is -0.467 e. The monoisotopic (exact) mass is 382 g/mol. The number of rotatable bonds is 6. The summed E-state index contributed by atoms with van der Waals surface area (Å²) >= 11 is 1.29. The number of benzene rings is 1. The minimum absolute atomic E-state index is 0.0873. The fraction of sp³-hybridized carbons (Fsp3) is 0.211. The predicted octanol–water partition coefficient (Wildman–Crippen LogP) is 3.11. The highest BCUT2D eigenvalue weighted by molar-refractivity contribution is 7.14. The van der Waals surface area contributed by atoms with Crippen molar-refractivity contribution in [2.24, 2.45) is 0 Å². The van der Waals surface area contributed by atoms with E-state index in [2.05, 4.69) is 10.3 Å². The molecule has 1 aromatic carbocycles. The average Bonchev–Trinajstić information content (AvgIpc) is 3.43. The van der Waals surface area contributed by atoms with Gasteiger partial charge in [0, 0.05) is 25.0 Å². The Morgan fingerprint density at radius 1 is 1.19 bits per heavy atom. The summed E-state index contributed by atoms with van der Waals surface area (Å²) in [6.45, 7) is 2.06. The molecule has 0 aliphatic carbocycles. The van der Waals surface area contributed by atoms with Crippen LogP contribution >= 0.6 is 11.3 Å². The number of hydrogen-bond donors (Lipinski definition) is 1. The first-order chi connectivity index (χ1) is 13.2. The van der Waals surface area contributed by atoms with Crippen LogP contribution in [0.15, 0.2) is 58.5 Å². The smallest absolute Gasteiger partial charge is 0.326 e. The van der Waals surface area contributed by atoms with Crippen molar-refractivity contribution in [1.82, 2.24) is 15.2 Å². The molecule has 8 heteroatoms. The summed E-state index contributed by atoms with van der Waals surface area (Å²) in [6, 6.07) is 13.3. The molecular weight excluding hydrogens is 364 g/mol. The maximum absolute atomic E-state index is 12.7. The number of amides is 3. The summed E-state index contributed by atoms with van der Waals surface area (Å²) in [4.78, 5) is 32.7. The van der Waals surface area contributed by atoms with Crippen LogP contribution in [0.1, 0.15) is 21.8 Å². The highest BCUT2D eigenvalue weighted by atomic mass is 32.1. The summed E-state index contributed by atoms with van der Waals surface area (Å²) < 4.78 is 5.19. The first kappa shape index (κ1) is 17.3. The summed E-state index contributed by atoms with van der Waals surface area (Å²) in [6.07, 6.45) is 1.56. The molecule has 2 aromatic heterocycles. The van der Waals surface area contributed by atoms with Crippen LogP contribution in [-0.2, 0) is 13.1 Å². The number of thiazole rings is 1. The number of carbonyl (C=O) groups is 2. The van der Waals surface area contributed by atoms with Crippen molar-refractivity contribution in [3.05, 3.63) is 71.1 Å². The fourth-order valence-corrected chi connectivity index (χ4v) is 3.70. The van der Waals surface area contributed by atoms with Gasteiger partial charge in [0.1, 0.15) is 11.5 Å². The molecule has 1 N–H and O–H groups in total. The predicted molar refractivity (Wildman–Crippen MR) is 102 cm³/mol. The second-order valence-corrected chi connectivity index (χ2v) is 6.96. The van der Waals surface area contributed by atoms with Gasteiger partial charge in [-0.3, -0.25) is 9.69 Å². The average molecular weight is 382 g/mol. The Labute approximate surface area is 160 Å². The minimum atomic E-state index is -0.290. The van der Waals surface area contributed by atoms with Crippen LogP contribution in [0, 0.1) is 0 Å². The van der Waals surface area contributed by atoms with E-state index in [0.717, 1.165) is 5.56 Å². The molecule has 3 aromatic rings. The van der Waals surface area contributed by atoms with Crippen molar-refractivity contribution >= 4 is 28.4 Å². The van der Waals surface area contributed by atoms with Gasteiger partial charge in [-0.1, -0.05) is 30.3 Å². The van der Waals surface area contributed by atoms with E-state index in [1.165, 1.54) is 11.3 Å². The first-order valence-corrected chi connectivity index (χ1v) is 9.45. The molecule has 4 rings (SSSR count). The maximum atomic E-state index is 12.7. The highest BCUT2D eigenvalue weighted by Gasteiger charge is 2.31. The van der Waals surface area contributed by atoms with Gasteiger partial charge in [-0.2, -0.15) is 0 Å². The van der Waals surface area contributed by atoms with Crippen LogP contribution in [0.2, 0.25) is 0 Å². The van der Waals surface area contributed by atoms with E-state index >= 15 is 0 Å². The molecule has 1 aliphatic rings. The number of urea groups is 1. The number of carbonyl (C=O) groups excluding carboxylic acids is 2. The van der Waals surface area contributed by atoms with E-state index < -0.39 is 0 Å². The molecule has 3 heterocycles. The van der Waals surface area contributed by atoms with Gasteiger partial charge >= 0.3 is 6.03 Å². The third-order valence-electron chi connectivity index (χ3n) is 4.27. The van der Waals surface area contributed by atoms with Crippen molar-refractivity contribution in [3.8, 4) is 0 Å². The number of anilines is 1. The van der Waals surface area contributed by atoms with E-state index in [0.29, 0.717) is 42.8 Å². The largest absolute Gasteiger partial charge is 0.467 e. The Hall–Kier alpha value is -3.13. The molecule has 1 aliphatic heterocycles. The quantitative estimate of drug-likeness (QED) is 0.710. The van der Waals surface area contributed by atoms with Crippen LogP contribution in [0.25, 0.3) is 0 Å². The van der Waals surface area contributed by atoms with Crippen molar-refractivity contribution < 1.29 is 14.0 Å². The third-order valence-corrected chi connectivity index (χ3v) is 5.13. The first-order valence-electron chi connectivity index (χ1n) is 8.57. The Bertz CT molecular complexity index is 924. The Kier molecular flexibility index (Phi) is 4.88. The van der Waals surface area contributed by atoms with E-state index in [4.69, 9.17) is 4.42 Å². The number of nitrogens with zero attached hydrogens (tertiary/aromatic N) is 3. The van der Waals surface area contributed by atoms with E-state index in [1.54, 1.807) is 33.6 Å². The Morgan fingerprint density at radius 2 is 2.04 bits per heavy atom. The van der Waals surface area contributed by atoms with Gasteiger partial charge in [0.05, 0.1) is 12.8 Å². The highest BCUT2D eigenvalue weighted by Crippen LogP contribution is 2.25. The zero-order valence-corrected chi connectivity index (χ0v) is 15.3. The van der Waals surface area contributed by atoms with E-state index in [9.17, 15) is 9.59 Å². The van der Waals surface area contributed by atoms with Crippen LogP contribution in [0.3, 0.4) is 0 Å². The van der Waals surface area contributed by atoms with Gasteiger partial charge in [0.25, 0.3) is 5.91 Å². The van der Waals surface area contributed by atoms with Crippen molar-refractivity contribution in [3.63, 3.8) is 0 Å². The number of furan rings is 1. The van der Waals surface area contributed by atoms with Crippen molar-refractivity contribution in [2.45, 2.75) is 13.1 Å². The van der Waals surface area contributed by atoms with Gasteiger partial charge in [0.2, 0.25) is 0 Å². The lowest BCUT2D eigenvalue weighted by Crippen LogP contribution is -2.31. The zero-order valence-electron chi connectivity index (χ0n) is 14.5. The molecular formula is C19H18N4O3S. The second-order valence-electron chi connectivity index (χ2n) is 6.12. The molecule has 0 spiro atoms. The molecule has 27 heavy (non-hydrogen) atoms. The molecule has 1 fully saturated rings. The van der Waals surface area contributed by atoms with E-state index in [1.807, 2.05) is 30.3 Å². The maximum Gasteiger partial charge on any atom is 0.326 e. The van der Waals surface area contributed by atoms with Gasteiger partial charge in [-0.15, -0.1) is 11.3 Å². The number of nitrogens with one attached hydrogen (secondary N) is 1. The van der Waals surface area contributed by atoms with Crippen molar-refractivity contribution in [1.29, 1.82) is 0 Å². The molecule has 0 atom stereocenters.